The van der Waals surface area contributed by atoms with Crippen molar-refractivity contribution in [3.8, 4) is 0 Å². The average molecular weight is 151 g/mol. The standard InChI is InChI=1S/C9H13NO/c11-9-8-6-2-1-5(3-6)7(8)4-10-9/h5-8H,1-4H2,(H,10,11)/t5-,6+,7-,8-/m0/s1. The summed E-state index contributed by atoms with van der Waals surface area (Å²) in [6.07, 6.45) is 4.06. The summed E-state index contributed by atoms with van der Waals surface area (Å²) in [5.74, 6) is 3.15. The van der Waals surface area contributed by atoms with Crippen molar-refractivity contribution >= 4 is 5.91 Å². The number of fused-ring (bicyclic) bond motifs is 5. The molecule has 2 nitrogen and oxygen atoms in total. The van der Waals surface area contributed by atoms with Gasteiger partial charge in [0, 0.05) is 12.5 Å². The van der Waals surface area contributed by atoms with E-state index in [4.69, 9.17) is 0 Å². The minimum absolute atomic E-state index is 0.349. The van der Waals surface area contributed by atoms with Crippen LogP contribution in [-0.2, 0) is 4.79 Å². The average Bonchev–Trinajstić information content (AvgIpc) is 2.60. The summed E-state index contributed by atoms with van der Waals surface area (Å²) < 4.78 is 0. The van der Waals surface area contributed by atoms with Gasteiger partial charge >= 0.3 is 0 Å². The molecule has 1 saturated heterocycles. The van der Waals surface area contributed by atoms with Crippen LogP contribution in [-0.4, -0.2) is 12.5 Å². The van der Waals surface area contributed by atoms with E-state index in [-0.39, 0.29) is 0 Å². The van der Waals surface area contributed by atoms with Crippen LogP contribution >= 0.6 is 0 Å². The molecule has 4 atom stereocenters. The lowest BCUT2D eigenvalue weighted by molar-refractivity contribution is -0.124. The summed E-state index contributed by atoms with van der Waals surface area (Å²) in [6.45, 7) is 0.977. The fourth-order valence-corrected chi connectivity index (χ4v) is 3.45. The Morgan fingerprint density at radius 2 is 2.09 bits per heavy atom. The number of nitrogens with one attached hydrogen (secondary N) is 1. The summed E-state index contributed by atoms with van der Waals surface area (Å²) in [5, 5.41) is 2.98. The third kappa shape index (κ3) is 0.608. The normalized spacial score (nSPS) is 52.9. The molecule has 2 bridgehead atoms. The third-order valence-electron chi connectivity index (χ3n) is 3.90. The van der Waals surface area contributed by atoms with E-state index >= 15 is 0 Å². The maximum Gasteiger partial charge on any atom is 0.223 e. The zero-order valence-corrected chi connectivity index (χ0v) is 6.55. The van der Waals surface area contributed by atoms with Crippen LogP contribution in [0.4, 0.5) is 0 Å². The molecule has 1 aliphatic heterocycles. The first kappa shape index (κ1) is 6.04. The molecule has 2 aliphatic carbocycles. The van der Waals surface area contributed by atoms with E-state index in [9.17, 15) is 4.79 Å². The van der Waals surface area contributed by atoms with Crippen molar-refractivity contribution in [1.29, 1.82) is 0 Å². The number of rotatable bonds is 0. The Balaban J connectivity index is 1.97. The van der Waals surface area contributed by atoms with Gasteiger partial charge in [-0.1, -0.05) is 0 Å². The van der Waals surface area contributed by atoms with Crippen molar-refractivity contribution in [3.05, 3.63) is 0 Å². The van der Waals surface area contributed by atoms with E-state index < -0.39 is 0 Å². The highest BCUT2D eigenvalue weighted by Crippen LogP contribution is 2.53. The summed E-state index contributed by atoms with van der Waals surface area (Å²) in [5.41, 5.74) is 0. The highest BCUT2D eigenvalue weighted by atomic mass is 16.2. The SMILES string of the molecule is O=C1NC[C@H]2[C@H]3CC[C@H](C3)[C@H]12. The van der Waals surface area contributed by atoms with E-state index in [2.05, 4.69) is 5.32 Å². The zero-order chi connectivity index (χ0) is 7.42. The Hall–Kier alpha value is -0.530. The molecule has 0 unspecified atom stereocenters. The molecule has 0 aromatic carbocycles. The topological polar surface area (TPSA) is 29.1 Å². The molecular formula is C9H13NO. The van der Waals surface area contributed by atoms with Gasteiger partial charge in [0.1, 0.15) is 0 Å². The Morgan fingerprint density at radius 3 is 2.91 bits per heavy atom. The minimum atomic E-state index is 0.349. The molecule has 1 N–H and O–H groups in total. The van der Waals surface area contributed by atoms with Crippen molar-refractivity contribution in [2.24, 2.45) is 23.7 Å². The maximum absolute atomic E-state index is 11.3. The number of carbonyl (C=O) groups excluding carboxylic acids is 1. The van der Waals surface area contributed by atoms with Crippen LogP contribution in [0.3, 0.4) is 0 Å². The van der Waals surface area contributed by atoms with Gasteiger partial charge in [0.2, 0.25) is 5.91 Å². The quantitative estimate of drug-likeness (QED) is 0.544. The predicted molar refractivity (Wildman–Crippen MR) is 40.8 cm³/mol. The van der Waals surface area contributed by atoms with Crippen LogP contribution in [0, 0.1) is 23.7 Å². The molecule has 1 amide bonds. The number of hydrogen-bond donors (Lipinski definition) is 1. The van der Waals surface area contributed by atoms with Crippen molar-refractivity contribution < 1.29 is 4.79 Å². The summed E-state index contributed by atoms with van der Waals surface area (Å²) >= 11 is 0. The van der Waals surface area contributed by atoms with E-state index in [1.165, 1.54) is 19.3 Å². The monoisotopic (exact) mass is 151 g/mol. The zero-order valence-electron chi connectivity index (χ0n) is 6.55. The number of hydrogen-bond acceptors (Lipinski definition) is 1. The molecule has 3 fully saturated rings. The second kappa shape index (κ2) is 1.79. The first-order chi connectivity index (χ1) is 5.36. The number of carbonyl (C=O) groups is 1. The molecule has 0 radical (unpaired) electrons. The second-order valence-corrected chi connectivity index (χ2v) is 4.27. The van der Waals surface area contributed by atoms with Gasteiger partial charge in [-0.15, -0.1) is 0 Å². The van der Waals surface area contributed by atoms with E-state index in [0.29, 0.717) is 11.8 Å². The van der Waals surface area contributed by atoms with Crippen molar-refractivity contribution in [2.45, 2.75) is 19.3 Å². The van der Waals surface area contributed by atoms with Crippen LogP contribution in [0.15, 0.2) is 0 Å². The Morgan fingerprint density at radius 1 is 1.27 bits per heavy atom. The van der Waals surface area contributed by atoms with Crippen LogP contribution in [0.5, 0.6) is 0 Å². The van der Waals surface area contributed by atoms with Gasteiger partial charge in [0.15, 0.2) is 0 Å². The fourth-order valence-electron chi connectivity index (χ4n) is 3.45. The molecule has 60 valence electrons. The second-order valence-electron chi connectivity index (χ2n) is 4.27. The highest BCUT2D eigenvalue weighted by Gasteiger charge is 2.53. The molecule has 1 heterocycles. The van der Waals surface area contributed by atoms with Crippen molar-refractivity contribution in [3.63, 3.8) is 0 Å². The summed E-state index contributed by atoms with van der Waals surface area (Å²) in [4.78, 5) is 11.3. The lowest BCUT2D eigenvalue weighted by Crippen LogP contribution is -2.24. The van der Waals surface area contributed by atoms with Crippen molar-refractivity contribution in [2.75, 3.05) is 6.54 Å². The summed E-state index contributed by atoms with van der Waals surface area (Å²) in [7, 11) is 0. The van der Waals surface area contributed by atoms with E-state index in [1.807, 2.05) is 0 Å². The van der Waals surface area contributed by atoms with Crippen LogP contribution in [0.25, 0.3) is 0 Å². The van der Waals surface area contributed by atoms with Crippen LogP contribution in [0.2, 0.25) is 0 Å². The van der Waals surface area contributed by atoms with E-state index in [0.717, 1.165) is 24.3 Å². The Kier molecular flexibility index (Phi) is 0.984. The molecule has 11 heavy (non-hydrogen) atoms. The molecule has 3 aliphatic rings. The molecule has 0 spiro atoms. The molecule has 2 saturated carbocycles. The minimum Gasteiger partial charge on any atom is -0.356 e. The lowest BCUT2D eigenvalue weighted by Gasteiger charge is -2.20. The largest absolute Gasteiger partial charge is 0.356 e. The highest BCUT2D eigenvalue weighted by molar-refractivity contribution is 5.82. The van der Waals surface area contributed by atoms with Gasteiger partial charge < -0.3 is 5.32 Å². The first-order valence-corrected chi connectivity index (χ1v) is 4.64. The summed E-state index contributed by atoms with van der Waals surface area (Å²) in [6, 6.07) is 0. The maximum atomic E-state index is 11.3. The van der Waals surface area contributed by atoms with Crippen LogP contribution < -0.4 is 5.32 Å². The van der Waals surface area contributed by atoms with E-state index in [1.54, 1.807) is 0 Å². The predicted octanol–water partition coefficient (Wildman–Crippen LogP) is 0.778. The molecule has 0 aromatic rings. The smallest absolute Gasteiger partial charge is 0.223 e. The lowest BCUT2D eigenvalue weighted by atomic mass is 9.81. The van der Waals surface area contributed by atoms with Gasteiger partial charge in [-0.05, 0) is 37.0 Å². The van der Waals surface area contributed by atoms with Gasteiger partial charge in [0.25, 0.3) is 0 Å². The number of amides is 1. The molecule has 3 rings (SSSR count). The van der Waals surface area contributed by atoms with Crippen molar-refractivity contribution in [1.82, 2.24) is 5.32 Å². The fraction of sp³-hybridized carbons (Fsp3) is 0.889. The first-order valence-electron chi connectivity index (χ1n) is 4.64. The Labute approximate surface area is 66.4 Å². The molecule has 0 aromatic heterocycles. The van der Waals surface area contributed by atoms with Gasteiger partial charge in [-0.2, -0.15) is 0 Å². The Bertz CT molecular complexity index is 214. The van der Waals surface area contributed by atoms with Gasteiger partial charge in [0.05, 0.1) is 0 Å². The molecule has 2 heteroatoms. The van der Waals surface area contributed by atoms with Gasteiger partial charge in [-0.25, -0.2) is 0 Å². The van der Waals surface area contributed by atoms with Gasteiger partial charge in [-0.3, -0.25) is 4.79 Å². The third-order valence-corrected chi connectivity index (χ3v) is 3.90. The van der Waals surface area contributed by atoms with Crippen LogP contribution in [0.1, 0.15) is 19.3 Å². The molecular weight excluding hydrogens is 138 g/mol.